The van der Waals surface area contributed by atoms with Gasteiger partial charge in [0.1, 0.15) is 12.6 Å². The molecule has 0 aliphatic carbocycles. The van der Waals surface area contributed by atoms with Crippen molar-refractivity contribution in [1.29, 1.82) is 0 Å². The molecule has 0 unspecified atom stereocenters. The number of ether oxygens (including phenoxy) is 1. The van der Waals surface area contributed by atoms with E-state index in [1.165, 1.54) is 31.2 Å². The molecule has 0 saturated heterocycles. The highest BCUT2D eigenvalue weighted by molar-refractivity contribution is 7.89. The van der Waals surface area contributed by atoms with E-state index in [9.17, 15) is 18.0 Å². The maximum absolute atomic E-state index is 12.3. The van der Waals surface area contributed by atoms with Crippen molar-refractivity contribution in [1.82, 2.24) is 4.72 Å². The van der Waals surface area contributed by atoms with Gasteiger partial charge in [-0.2, -0.15) is 4.72 Å². The van der Waals surface area contributed by atoms with Gasteiger partial charge in [-0.1, -0.05) is 29.8 Å². The first-order chi connectivity index (χ1) is 12.7. The van der Waals surface area contributed by atoms with Gasteiger partial charge in [-0.3, -0.25) is 9.59 Å². The molecule has 0 fully saturated rings. The van der Waals surface area contributed by atoms with E-state index in [2.05, 4.69) is 10.0 Å². The third-order valence-corrected chi connectivity index (χ3v) is 5.30. The maximum Gasteiger partial charge on any atom is 0.321 e. The number of halogens is 1. The number of rotatable bonds is 7. The molecule has 27 heavy (non-hydrogen) atoms. The Hall–Kier alpha value is -2.42. The van der Waals surface area contributed by atoms with Gasteiger partial charge < -0.3 is 10.1 Å². The standard InChI is InChI=1S/C18H19ClN2O5S/c1-12(16-5-3-4-6-17(16)19)26-18(23)11-20-27(24,25)15-9-7-14(8-10-15)21-13(2)22/h3-10,12,20H,11H2,1-2H3,(H,21,22)/t12-/m0/s1. The number of hydrogen-bond donors (Lipinski definition) is 2. The highest BCUT2D eigenvalue weighted by atomic mass is 35.5. The number of amides is 1. The number of carbonyl (C=O) groups is 2. The van der Waals surface area contributed by atoms with E-state index >= 15 is 0 Å². The monoisotopic (exact) mass is 410 g/mol. The van der Waals surface area contributed by atoms with E-state index < -0.39 is 28.6 Å². The molecule has 2 aromatic carbocycles. The average Bonchev–Trinajstić information content (AvgIpc) is 2.60. The summed E-state index contributed by atoms with van der Waals surface area (Å²) in [5.74, 6) is -1.00. The molecule has 0 aliphatic heterocycles. The van der Waals surface area contributed by atoms with Crippen LogP contribution in [0.3, 0.4) is 0 Å². The quantitative estimate of drug-likeness (QED) is 0.683. The van der Waals surface area contributed by atoms with Gasteiger partial charge in [0.2, 0.25) is 15.9 Å². The lowest BCUT2D eigenvalue weighted by Crippen LogP contribution is -2.31. The first kappa shape index (κ1) is 20.9. The molecule has 0 aromatic heterocycles. The van der Waals surface area contributed by atoms with Crippen LogP contribution in [-0.4, -0.2) is 26.8 Å². The molecule has 2 aromatic rings. The van der Waals surface area contributed by atoms with Crippen LogP contribution in [-0.2, 0) is 24.3 Å². The Bertz CT molecular complexity index is 929. The maximum atomic E-state index is 12.3. The summed E-state index contributed by atoms with van der Waals surface area (Å²) in [6.07, 6.45) is -0.618. The second-order valence-corrected chi connectivity index (χ2v) is 7.86. The van der Waals surface area contributed by atoms with Crippen molar-refractivity contribution in [2.45, 2.75) is 24.8 Å². The van der Waals surface area contributed by atoms with Crippen LogP contribution in [0.25, 0.3) is 0 Å². The third-order valence-electron chi connectivity index (χ3n) is 3.54. The molecule has 0 saturated carbocycles. The van der Waals surface area contributed by atoms with E-state index in [4.69, 9.17) is 16.3 Å². The molecule has 0 aliphatic rings. The molecule has 7 nitrogen and oxygen atoms in total. The predicted molar refractivity (Wildman–Crippen MR) is 102 cm³/mol. The summed E-state index contributed by atoms with van der Waals surface area (Å²) < 4.78 is 31.9. The predicted octanol–water partition coefficient (Wildman–Crippen LogP) is 2.88. The molecule has 2 N–H and O–H groups in total. The lowest BCUT2D eigenvalue weighted by atomic mass is 10.1. The summed E-state index contributed by atoms with van der Waals surface area (Å²) in [6.45, 7) is 2.47. The van der Waals surface area contributed by atoms with Gasteiger partial charge in [0.15, 0.2) is 0 Å². The molecule has 2 rings (SSSR count). The summed E-state index contributed by atoms with van der Waals surface area (Å²) in [5, 5.41) is 2.99. The minimum Gasteiger partial charge on any atom is -0.457 e. The number of anilines is 1. The number of esters is 1. The van der Waals surface area contributed by atoms with Gasteiger partial charge in [0.25, 0.3) is 0 Å². The lowest BCUT2D eigenvalue weighted by Gasteiger charge is -2.15. The number of nitrogens with one attached hydrogen (secondary N) is 2. The van der Waals surface area contributed by atoms with Crippen molar-refractivity contribution in [2.24, 2.45) is 0 Å². The molecule has 0 spiro atoms. The Morgan fingerprint density at radius 1 is 1.11 bits per heavy atom. The van der Waals surface area contributed by atoms with Crippen molar-refractivity contribution >= 4 is 39.2 Å². The minimum absolute atomic E-state index is 0.0384. The number of carbonyl (C=O) groups excluding carboxylic acids is 2. The van der Waals surface area contributed by atoms with Gasteiger partial charge in [-0.05, 0) is 37.3 Å². The zero-order valence-corrected chi connectivity index (χ0v) is 16.3. The molecular weight excluding hydrogens is 392 g/mol. The summed E-state index contributed by atoms with van der Waals surface area (Å²) >= 11 is 6.05. The topological polar surface area (TPSA) is 102 Å². The van der Waals surface area contributed by atoms with Crippen LogP contribution in [0.4, 0.5) is 5.69 Å². The first-order valence-corrected chi connectivity index (χ1v) is 9.86. The van der Waals surface area contributed by atoms with Gasteiger partial charge >= 0.3 is 5.97 Å². The highest BCUT2D eigenvalue weighted by Crippen LogP contribution is 2.24. The normalized spacial score (nSPS) is 12.3. The van der Waals surface area contributed by atoms with Crippen LogP contribution in [0.1, 0.15) is 25.5 Å². The lowest BCUT2D eigenvalue weighted by molar-refractivity contribution is -0.147. The van der Waals surface area contributed by atoms with Crippen LogP contribution in [0, 0.1) is 0 Å². The minimum atomic E-state index is -3.90. The first-order valence-electron chi connectivity index (χ1n) is 8.00. The van der Waals surface area contributed by atoms with Crippen molar-refractivity contribution in [2.75, 3.05) is 11.9 Å². The molecule has 1 atom stereocenters. The van der Waals surface area contributed by atoms with E-state index in [0.29, 0.717) is 16.3 Å². The fraction of sp³-hybridized carbons (Fsp3) is 0.222. The summed E-state index contributed by atoms with van der Waals surface area (Å²) in [4.78, 5) is 22.9. The Kier molecular flexibility index (Phi) is 6.95. The Morgan fingerprint density at radius 2 is 1.74 bits per heavy atom. The highest BCUT2D eigenvalue weighted by Gasteiger charge is 2.19. The molecule has 144 valence electrons. The second-order valence-electron chi connectivity index (χ2n) is 5.68. The molecular formula is C18H19ClN2O5S. The number of sulfonamides is 1. The average molecular weight is 411 g/mol. The Morgan fingerprint density at radius 3 is 2.33 bits per heavy atom. The van der Waals surface area contributed by atoms with Gasteiger partial charge in [-0.15, -0.1) is 0 Å². The van der Waals surface area contributed by atoms with E-state index in [1.54, 1.807) is 31.2 Å². The third kappa shape index (κ3) is 6.06. The van der Waals surface area contributed by atoms with Crippen molar-refractivity contribution in [3.05, 3.63) is 59.1 Å². The zero-order chi connectivity index (χ0) is 20.0. The zero-order valence-electron chi connectivity index (χ0n) is 14.7. The summed E-state index contributed by atoms with van der Waals surface area (Å²) in [7, 11) is -3.90. The van der Waals surface area contributed by atoms with E-state index in [1.807, 2.05) is 0 Å². The summed E-state index contributed by atoms with van der Waals surface area (Å²) in [5.41, 5.74) is 1.10. The van der Waals surface area contributed by atoms with Gasteiger partial charge in [0, 0.05) is 23.2 Å². The number of hydrogen-bond acceptors (Lipinski definition) is 5. The van der Waals surface area contributed by atoms with Crippen molar-refractivity contribution in [3.63, 3.8) is 0 Å². The smallest absolute Gasteiger partial charge is 0.321 e. The van der Waals surface area contributed by atoms with Gasteiger partial charge in [0.05, 0.1) is 4.90 Å². The summed E-state index contributed by atoms with van der Waals surface area (Å²) in [6, 6.07) is 12.5. The van der Waals surface area contributed by atoms with Crippen LogP contribution in [0.15, 0.2) is 53.4 Å². The van der Waals surface area contributed by atoms with Crippen LogP contribution >= 0.6 is 11.6 Å². The molecule has 9 heteroatoms. The molecule has 0 heterocycles. The largest absolute Gasteiger partial charge is 0.457 e. The fourth-order valence-electron chi connectivity index (χ4n) is 2.27. The Labute approximate surface area is 162 Å². The van der Waals surface area contributed by atoms with E-state index in [-0.39, 0.29) is 10.8 Å². The molecule has 0 radical (unpaired) electrons. The van der Waals surface area contributed by atoms with Crippen molar-refractivity contribution < 1.29 is 22.7 Å². The Balaban J connectivity index is 1.95. The van der Waals surface area contributed by atoms with Crippen LogP contribution in [0.2, 0.25) is 5.02 Å². The molecule has 0 bridgehead atoms. The van der Waals surface area contributed by atoms with Gasteiger partial charge in [-0.25, -0.2) is 8.42 Å². The SMILES string of the molecule is CC(=O)Nc1ccc(S(=O)(=O)NCC(=O)O[C@@H](C)c2ccccc2Cl)cc1. The van der Waals surface area contributed by atoms with E-state index in [0.717, 1.165) is 0 Å². The van der Waals surface area contributed by atoms with Crippen molar-refractivity contribution in [3.8, 4) is 0 Å². The second kappa shape index (κ2) is 8.98. The van der Waals surface area contributed by atoms with Crippen LogP contribution < -0.4 is 10.0 Å². The van der Waals surface area contributed by atoms with Crippen LogP contribution in [0.5, 0.6) is 0 Å². The molecule has 1 amide bonds. The number of benzene rings is 2. The fourth-order valence-corrected chi connectivity index (χ4v) is 3.52.